The van der Waals surface area contributed by atoms with E-state index in [-0.39, 0.29) is 5.92 Å². The smallest absolute Gasteiger partial charge is 0.308 e. The van der Waals surface area contributed by atoms with Crippen molar-refractivity contribution in [1.82, 2.24) is 4.90 Å². The van der Waals surface area contributed by atoms with E-state index >= 15 is 0 Å². The molecule has 2 atom stereocenters. The summed E-state index contributed by atoms with van der Waals surface area (Å²) in [5.41, 5.74) is 0.533. The van der Waals surface area contributed by atoms with Crippen LogP contribution < -0.4 is 0 Å². The van der Waals surface area contributed by atoms with Gasteiger partial charge in [0.25, 0.3) is 0 Å². The van der Waals surface area contributed by atoms with Crippen molar-refractivity contribution in [2.24, 2.45) is 11.8 Å². The van der Waals surface area contributed by atoms with Crippen LogP contribution in [0.3, 0.4) is 0 Å². The van der Waals surface area contributed by atoms with Gasteiger partial charge in [-0.15, -0.1) is 0 Å². The van der Waals surface area contributed by atoms with Gasteiger partial charge in [0.15, 0.2) is 0 Å². The van der Waals surface area contributed by atoms with Crippen LogP contribution in [-0.2, 0) is 11.3 Å². The molecule has 1 saturated heterocycles. The second-order valence-electron chi connectivity index (χ2n) is 4.89. The maximum absolute atomic E-state index is 13.0. The maximum Gasteiger partial charge on any atom is 0.308 e. The molecule has 2 rings (SSSR count). The molecule has 1 aliphatic rings. The summed E-state index contributed by atoms with van der Waals surface area (Å²) >= 11 is 0. The number of halogens is 2. The third-order valence-corrected chi connectivity index (χ3v) is 3.33. The minimum absolute atomic E-state index is 0.0564. The van der Waals surface area contributed by atoms with Crippen LogP contribution in [0.5, 0.6) is 0 Å². The van der Waals surface area contributed by atoms with Gasteiger partial charge in [0.2, 0.25) is 0 Å². The number of aliphatic carboxylic acids is 1. The molecule has 2 unspecified atom stereocenters. The summed E-state index contributed by atoms with van der Waals surface area (Å²) in [6.45, 7) is 3.32. The highest BCUT2D eigenvalue weighted by atomic mass is 19.1. The van der Waals surface area contributed by atoms with Crippen LogP contribution in [-0.4, -0.2) is 29.1 Å². The van der Waals surface area contributed by atoms with E-state index in [1.165, 1.54) is 12.1 Å². The quantitative estimate of drug-likeness (QED) is 0.899. The molecule has 1 N–H and O–H groups in total. The number of rotatable bonds is 3. The van der Waals surface area contributed by atoms with Crippen molar-refractivity contribution in [3.8, 4) is 0 Å². The second-order valence-corrected chi connectivity index (χ2v) is 4.89. The zero-order chi connectivity index (χ0) is 13.3. The largest absolute Gasteiger partial charge is 0.481 e. The summed E-state index contributed by atoms with van der Waals surface area (Å²) in [4.78, 5) is 12.9. The number of carboxylic acid groups (broad SMARTS) is 1. The molecule has 1 aromatic rings. The summed E-state index contributed by atoms with van der Waals surface area (Å²) in [7, 11) is 0. The Morgan fingerprint density at radius 2 is 1.94 bits per heavy atom. The number of likely N-dealkylation sites (tertiary alicyclic amines) is 1. The van der Waals surface area contributed by atoms with E-state index < -0.39 is 23.5 Å². The molecule has 98 valence electrons. The zero-order valence-corrected chi connectivity index (χ0v) is 10.1. The minimum Gasteiger partial charge on any atom is -0.481 e. The lowest BCUT2D eigenvalue weighted by Gasteiger charge is -2.15. The van der Waals surface area contributed by atoms with Gasteiger partial charge in [-0.05, 0) is 23.6 Å². The third-order valence-electron chi connectivity index (χ3n) is 3.33. The molecule has 0 amide bonds. The van der Waals surface area contributed by atoms with E-state index in [9.17, 15) is 13.6 Å². The number of carbonyl (C=O) groups is 1. The second kappa shape index (κ2) is 5.02. The first kappa shape index (κ1) is 13.0. The molecule has 18 heavy (non-hydrogen) atoms. The van der Waals surface area contributed by atoms with Crippen molar-refractivity contribution in [1.29, 1.82) is 0 Å². The SMILES string of the molecule is CC1CN(Cc2cc(F)cc(F)c2)CC1C(=O)O. The first-order valence-electron chi connectivity index (χ1n) is 5.86. The summed E-state index contributed by atoms with van der Waals surface area (Å²) in [5, 5.41) is 9.01. The van der Waals surface area contributed by atoms with Crippen molar-refractivity contribution in [3.05, 3.63) is 35.4 Å². The van der Waals surface area contributed by atoms with Gasteiger partial charge in [-0.3, -0.25) is 9.69 Å². The van der Waals surface area contributed by atoms with Gasteiger partial charge in [0.05, 0.1) is 5.92 Å². The topological polar surface area (TPSA) is 40.5 Å². The molecule has 1 aromatic carbocycles. The fraction of sp³-hybridized carbons (Fsp3) is 0.462. The molecular formula is C13H15F2NO2. The summed E-state index contributed by atoms with van der Waals surface area (Å²) in [6, 6.07) is 3.39. The summed E-state index contributed by atoms with van der Waals surface area (Å²) in [6.07, 6.45) is 0. The van der Waals surface area contributed by atoms with Gasteiger partial charge in [-0.25, -0.2) is 8.78 Å². The van der Waals surface area contributed by atoms with Crippen molar-refractivity contribution in [3.63, 3.8) is 0 Å². The molecule has 0 bridgehead atoms. The van der Waals surface area contributed by atoms with Crippen LogP contribution >= 0.6 is 0 Å². The molecule has 1 fully saturated rings. The lowest BCUT2D eigenvalue weighted by atomic mass is 9.99. The number of nitrogens with zero attached hydrogens (tertiary/aromatic N) is 1. The number of hydrogen-bond donors (Lipinski definition) is 1. The monoisotopic (exact) mass is 255 g/mol. The van der Waals surface area contributed by atoms with Crippen molar-refractivity contribution in [2.45, 2.75) is 13.5 Å². The zero-order valence-electron chi connectivity index (χ0n) is 10.1. The van der Waals surface area contributed by atoms with Crippen molar-refractivity contribution >= 4 is 5.97 Å². The first-order chi connectivity index (χ1) is 8.45. The lowest BCUT2D eigenvalue weighted by Crippen LogP contribution is -2.23. The Balaban J connectivity index is 2.05. The lowest BCUT2D eigenvalue weighted by molar-refractivity contribution is -0.142. The predicted molar refractivity (Wildman–Crippen MR) is 61.9 cm³/mol. The van der Waals surface area contributed by atoms with E-state index in [0.29, 0.717) is 25.2 Å². The Morgan fingerprint density at radius 3 is 2.44 bits per heavy atom. The number of carboxylic acids is 1. The Hall–Kier alpha value is -1.49. The van der Waals surface area contributed by atoms with Crippen LogP contribution in [0.1, 0.15) is 12.5 Å². The highest BCUT2D eigenvalue weighted by Crippen LogP contribution is 2.24. The summed E-state index contributed by atoms with van der Waals surface area (Å²) in [5.74, 6) is -2.36. The molecule has 0 aliphatic carbocycles. The van der Waals surface area contributed by atoms with Gasteiger partial charge in [0, 0.05) is 25.7 Å². The Kier molecular flexibility index (Phi) is 3.61. The Morgan fingerprint density at radius 1 is 1.33 bits per heavy atom. The van der Waals surface area contributed by atoms with Crippen LogP contribution in [0.4, 0.5) is 8.78 Å². The molecule has 0 saturated carbocycles. The van der Waals surface area contributed by atoms with Crippen molar-refractivity contribution in [2.75, 3.05) is 13.1 Å². The van der Waals surface area contributed by atoms with Gasteiger partial charge in [-0.1, -0.05) is 6.92 Å². The highest BCUT2D eigenvalue weighted by molar-refractivity contribution is 5.71. The van der Waals surface area contributed by atoms with Crippen molar-refractivity contribution < 1.29 is 18.7 Å². The van der Waals surface area contributed by atoms with E-state index in [2.05, 4.69) is 0 Å². The van der Waals surface area contributed by atoms with Gasteiger partial charge in [-0.2, -0.15) is 0 Å². The maximum atomic E-state index is 13.0. The summed E-state index contributed by atoms with van der Waals surface area (Å²) < 4.78 is 26.1. The Labute approximate surface area is 104 Å². The third kappa shape index (κ3) is 2.85. The standard InChI is InChI=1S/C13H15F2NO2/c1-8-5-16(7-12(8)13(17)18)6-9-2-10(14)4-11(15)3-9/h2-4,8,12H,5-7H2,1H3,(H,17,18). The average molecular weight is 255 g/mol. The highest BCUT2D eigenvalue weighted by Gasteiger charge is 2.34. The molecule has 0 spiro atoms. The molecule has 0 radical (unpaired) electrons. The van der Waals surface area contributed by atoms with E-state index in [4.69, 9.17) is 5.11 Å². The van der Waals surface area contributed by atoms with E-state index in [1.54, 1.807) is 0 Å². The minimum atomic E-state index is -0.810. The average Bonchev–Trinajstić information content (AvgIpc) is 2.57. The van der Waals surface area contributed by atoms with Crippen LogP contribution in [0, 0.1) is 23.5 Å². The normalized spacial score (nSPS) is 24.4. The van der Waals surface area contributed by atoms with E-state index in [1.807, 2.05) is 11.8 Å². The fourth-order valence-electron chi connectivity index (χ4n) is 2.48. The van der Waals surface area contributed by atoms with E-state index in [0.717, 1.165) is 6.07 Å². The molecule has 3 nitrogen and oxygen atoms in total. The first-order valence-corrected chi connectivity index (χ1v) is 5.86. The number of benzene rings is 1. The number of hydrogen-bond acceptors (Lipinski definition) is 2. The molecule has 1 aliphatic heterocycles. The Bertz CT molecular complexity index is 444. The molecule has 5 heteroatoms. The molecule has 1 heterocycles. The van der Waals surface area contributed by atoms with Gasteiger partial charge < -0.3 is 5.11 Å². The fourth-order valence-corrected chi connectivity index (χ4v) is 2.48. The molecule has 0 aromatic heterocycles. The van der Waals surface area contributed by atoms with Crippen LogP contribution in [0.25, 0.3) is 0 Å². The van der Waals surface area contributed by atoms with Gasteiger partial charge >= 0.3 is 5.97 Å². The molecular weight excluding hydrogens is 240 g/mol. The van der Waals surface area contributed by atoms with Gasteiger partial charge in [0.1, 0.15) is 11.6 Å². The predicted octanol–water partition coefficient (Wildman–Crippen LogP) is 2.12. The van der Waals surface area contributed by atoms with Crippen LogP contribution in [0.2, 0.25) is 0 Å². The van der Waals surface area contributed by atoms with Crippen LogP contribution in [0.15, 0.2) is 18.2 Å².